The van der Waals surface area contributed by atoms with Crippen LogP contribution in [-0.2, 0) is 32.4 Å². The molecule has 0 radical (unpaired) electrons. The average molecular weight is 511 g/mol. The number of nitrogen functional groups attached to an aromatic ring is 1. The highest BCUT2D eigenvalue weighted by Crippen LogP contribution is 2.52. The second kappa shape index (κ2) is 11.2. The van der Waals surface area contributed by atoms with Gasteiger partial charge in [-0.1, -0.05) is 13.8 Å². The Bertz CT molecular complexity index is 942. The van der Waals surface area contributed by atoms with Gasteiger partial charge < -0.3 is 15.2 Å². The van der Waals surface area contributed by atoms with E-state index in [-0.39, 0.29) is 18.8 Å². The first-order valence-corrected chi connectivity index (χ1v) is 12.3. The van der Waals surface area contributed by atoms with Gasteiger partial charge in [0.25, 0.3) is 0 Å². The third-order valence-electron chi connectivity index (χ3n) is 4.50. The van der Waals surface area contributed by atoms with Gasteiger partial charge in [0, 0.05) is 12.6 Å². The van der Waals surface area contributed by atoms with E-state index in [1.165, 1.54) is 13.8 Å². The summed E-state index contributed by atoms with van der Waals surface area (Å²) >= 11 is 0. The third-order valence-corrected chi connectivity index (χ3v) is 6.36. The summed E-state index contributed by atoms with van der Waals surface area (Å²) in [6.07, 6.45) is -5.81. The number of nitrogens with two attached hydrogens (primary N) is 1. The fourth-order valence-corrected chi connectivity index (χ4v) is 4.62. The number of carbonyl (C=O) groups is 1. The van der Waals surface area contributed by atoms with Crippen molar-refractivity contribution in [3.8, 4) is 0 Å². The molecule has 3 atom stereocenters. The molecule has 2 rings (SSSR count). The number of anilines is 1. The standard InChI is InChI=1S/C20H32F2N3O8P/c1-11(2)17(26)31-16-14(8-10-29-34(28,32-12(3)4)33-13(5)6)30-18(20(16,21)22)25-9-7-15(23)24-19(25)27/h7,9,11-14,16,18H,8,10H2,1-6H3,(H2,23,24,27)/t14-,16-,18-/m1/s1. The van der Waals surface area contributed by atoms with Crippen LogP contribution in [0.1, 0.15) is 54.2 Å². The predicted molar refractivity (Wildman–Crippen MR) is 117 cm³/mol. The lowest BCUT2D eigenvalue weighted by molar-refractivity contribution is -0.179. The van der Waals surface area contributed by atoms with Gasteiger partial charge in [-0.15, -0.1) is 0 Å². The molecule has 2 heterocycles. The molecule has 0 bridgehead atoms. The zero-order valence-corrected chi connectivity index (χ0v) is 20.9. The number of ether oxygens (including phenoxy) is 2. The van der Waals surface area contributed by atoms with Crippen molar-refractivity contribution in [2.45, 2.75) is 84.5 Å². The van der Waals surface area contributed by atoms with E-state index in [1.807, 2.05) is 0 Å². The number of alkyl halides is 2. The fourth-order valence-electron chi connectivity index (χ4n) is 3.09. The SMILES string of the molecule is CC(C)OP(=O)(OCC[C@H]1O[C@@H](n2ccc(N)nc2=O)C(F)(F)[C@@H]1OC(=O)C(C)C)OC(C)C. The Morgan fingerprint density at radius 3 is 2.32 bits per heavy atom. The molecule has 11 nitrogen and oxygen atoms in total. The lowest BCUT2D eigenvalue weighted by atomic mass is 10.1. The number of hydrogen-bond acceptors (Lipinski definition) is 10. The normalized spacial score (nSPS) is 22.6. The summed E-state index contributed by atoms with van der Waals surface area (Å²) in [5.41, 5.74) is 4.37. The number of aromatic nitrogens is 2. The minimum atomic E-state index is -4.00. The van der Waals surface area contributed by atoms with E-state index in [4.69, 9.17) is 28.8 Å². The number of esters is 1. The van der Waals surface area contributed by atoms with Crippen molar-refractivity contribution in [3.63, 3.8) is 0 Å². The molecule has 0 unspecified atom stereocenters. The maximum atomic E-state index is 15.4. The van der Waals surface area contributed by atoms with Crippen molar-refractivity contribution in [3.05, 3.63) is 22.7 Å². The summed E-state index contributed by atoms with van der Waals surface area (Å²) in [5, 5.41) is 0. The third kappa shape index (κ3) is 7.05. The Morgan fingerprint density at radius 2 is 1.82 bits per heavy atom. The highest BCUT2D eigenvalue weighted by atomic mass is 31.2. The van der Waals surface area contributed by atoms with Gasteiger partial charge in [-0.25, -0.2) is 9.36 Å². The molecule has 1 aromatic heterocycles. The molecule has 34 heavy (non-hydrogen) atoms. The molecule has 0 saturated carbocycles. The Balaban J connectivity index is 2.27. The zero-order chi connectivity index (χ0) is 25.8. The zero-order valence-electron chi connectivity index (χ0n) is 20.0. The average Bonchev–Trinajstić information content (AvgIpc) is 2.90. The van der Waals surface area contributed by atoms with E-state index >= 15 is 8.78 Å². The van der Waals surface area contributed by atoms with Crippen LogP contribution in [0, 0.1) is 5.92 Å². The van der Waals surface area contributed by atoms with Crippen molar-refractivity contribution in [1.29, 1.82) is 0 Å². The summed E-state index contributed by atoms with van der Waals surface area (Å²) in [5.74, 6) is -5.52. The number of phosphoric ester groups is 1. The molecular weight excluding hydrogens is 479 g/mol. The molecular formula is C20H32F2N3O8P. The van der Waals surface area contributed by atoms with E-state index in [0.717, 1.165) is 12.3 Å². The van der Waals surface area contributed by atoms with E-state index in [2.05, 4.69) is 4.98 Å². The van der Waals surface area contributed by atoms with Crippen molar-refractivity contribution in [1.82, 2.24) is 9.55 Å². The molecule has 1 saturated heterocycles. The van der Waals surface area contributed by atoms with Gasteiger partial charge in [-0.05, 0) is 33.8 Å². The molecule has 1 aliphatic heterocycles. The molecule has 1 aliphatic rings. The van der Waals surface area contributed by atoms with Crippen molar-refractivity contribution in [2.24, 2.45) is 5.92 Å². The first-order valence-electron chi connectivity index (χ1n) is 10.9. The van der Waals surface area contributed by atoms with Gasteiger partial charge in [-0.3, -0.25) is 22.9 Å². The summed E-state index contributed by atoms with van der Waals surface area (Å²) in [6.45, 7) is 9.12. The predicted octanol–water partition coefficient (Wildman–Crippen LogP) is 3.29. The monoisotopic (exact) mass is 511 g/mol. The fraction of sp³-hybridized carbons (Fsp3) is 0.750. The number of carbonyl (C=O) groups excluding carboxylic acids is 1. The van der Waals surface area contributed by atoms with Gasteiger partial charge in [0.15, 0.2) is 6.10 Å². The molecule has 0 aliphatic carbocycles. The van der Waals surface area contributed by atoms with Gasteiger partial charge in [0.2, 0.25) is 6.23 Å². The number of phosphoric acid groups is 1. The van der Waals surface area contributed by atoms with Crippen LogP contribution in [0.3, 0.4) is 0 Å². The largest absolute Gasteiger partial charge is 0.475 e. The second-order valence-electron chi connectivity index (χ2n) is 8.63. The Hall–Kier alpha value is -1.92. The van der Waals surface area contributed by atoms with Crippen LogP contribution >= 0.6 is 7.82 Å². The van der Waals surface area contributed by atoms with E-state index < -0.39 is 62.0 Å². The van der Waals surface area contributed by atoms with Crippen LogP contribution in [-0.4, -0.2) is 52.5 Å². The first kappa shape index (κ1) is 28.3. The number of halogens is 2. The topological polar surface area (TPSA) is 141 Å². The lowest BCUT2D eigenvalue weighted by Crippen LogP contribution is -2.44. The highest BCUT2D eigenvalue weighted by Gasteiger charge is 2.62. The van der Waals surface area contributed by atoms with Crippen LogP contribution in [0.15, 0.2) is 17.1 Å². The Kier molecular flexibility index (Phi) is 9.34. The smallest absolute Gasteiger partial charge is 0.453 e. The summed E-state index contributed by atoms with van der Waals surface area (Å²) in [7, 11) is -4.00. The van der Waals surface area contributed by atoms with Crippen LogP contribution in [0.2, 0.25) is 0 Å². The quantitative estimate of drug-likeness (QED) is 0.347. The molecule has 2 N–H and O–H groups in total. The highest BCUT2D eigenvalue weighted by molar-refractivity contribution is 7.48. The number of rotatable bonds is 11. The van der Waals surface area contributed by atoms with E-state index in [9.17, 15) is 14.2 Å². The Labute approximate surface area is 196 Å². The van der Waals surface area contributed by atoms with Crippen LogP contribution in [0.5, 0.6) is 0 Å². The molecule has 1 fully saturated rings. The van der Waals surface area contributed by atoms with Crippen LogP contribution < -0.4 is 11.4 Å². The van der Waals surface area contributed by atoms with Gasteiger partial charge in [0.1, 0.15) is 11.9 Å². The summed E-state index contributed by atoms with van der Waals surface area (Å²) in [6, 6.07) is 1.16. The molecule has 14 heteroatoms. The molecule has 0 amide bonds. The second-order valence-corrected chi connectivity index (χ2v) is 10.2. The Morgan fingerprint density at radius 1 is 1.24 bits per heavy atom. The van der Waals surface area contributed by atoms with Crippen molar-refractivity contribution < 1.29 is 41.2 Å². The molecule has 1 aromatic rings. The van der Waals surface area contributed by atoms with Crippen molar-refractivity contribution in [2.75, 3.05) is 12.3 Å². The first-order chi connectivity index (χ1) is 15.7. The lowest BCUT2D eigenvalue weighted by Gasteiger charge is -2.25. The van der Waals surface area contributed by atoms with E-state index in [0.29, 0.717) is 4.57 Å². The maximum Gasteiger partial charge on any atom is 0.475 e. The minimum Gasteiger partial charge on any atom is -0.453 e. The molecule has 0 aromatic carbocycles. The van der Waals surface area contributed by atoms with Crippen molar-refractivity contribution >= 4 is 19.6 Å². The summed E-state index contributed by atoms with van der Waals surface area (Å²) < 4.78 is 70.5. The molecule has 0 spiro atoms. The minimum absolute atomic E-state index is 0.152. The van der Waals surface area contributed by atoms with Crippen LogP contribution in [0.25, 0.3) is 0 Å². The number of nitrogens with zero attached hydrogens (tertiary/aromatic N) is 2. The number of hydrogen-bond donors (Lipinski definition) is 1. The van der Waals surface area contributed by atoms with Gasteiger partial charge >= 0.3 is 25.4 Å². The maximum absolute atomic E-state index is 15.4. The van der Waals surface area contributed by atoms with E-state index in [1.54, 1.807) is 27.7 Å². The summed E-state index contributed by atoms with van der Waals surface area (Å²) in [4.78, 5) is 27.7. The van der Waals surface area contributed by atoms with Gasteiger partial charge in [0.05, 0.1) is 24.7 Å². The van der Waals surface area contributed by atoms with Gasteiger partial charge in [-0.2, -0.15) is 13.8 Å². The van der Waals surface area contributed by atoms with Crippen LogP contribution in [0.4, 0.5) is 14.6 Å². The molecule has 194 valence electrons.